The third-order valence-corrected chi connectivity index (χ3v) is 3.36. The van der Waals surface area contributed by atoms with Gasteiger partial charge in [0.25, 0.3) is 0 Å². The molecule has 0 atom stereocenters. The molecule has 2 nitrogen and oxygen atoms in total. The van der Waals surface area contributed by atoms with E-state index < -0.39 is 0 Å². The highest BCUT2D eigenvalue weighted by molar-refractivity contribution is 5.93. The summed E-state index contributed by atoms with van der Waals surface area (Å²) < 4.78 is 5.20. The summed E-state index contributed by atoms with van der Waals surface area (Å²) in [6.07, 6.45) is 0. The molecule has 1 aliphatic carbocycles. The van der Waals surface area contributed by atoms with Gasteiger partial charge in [-0.15, -0.1) is 0 Å². The predicted octanol–water partition coefficient (Wildman–Crippen LogP) is 3.36. The van der Waals surface area contributed by atoms with Crippen LogP contribution in [0.4, 0.5) is 0 Å². The van der Waals surface area contributed by atoms with E-state index >= 15 is 0 Å². The first kappa shape index (κ1) is 11.0. The minimum atomic E-state index is -0.266. The summed E-state index contributed by atoms with van der Waals surface area (Å²) in [6, 6.07) is 16.1. The van der Waals surface area contributed by atoms with Gasteiger partial charge in [0.1, 0.15) is 5.92 Å². The van der Waals surface area contributed by atoms with Gasteiger partial charge >= 0.3 is 5.97 Å². The zero-order chi connectivity index (χ0) is 12.5. The van der Waals surface area contributed by atoms with E-state index in [0.29, 0.717) is 6.61 Å². The summed E-state index contributed by atoms with van der Waals surface area (Å²) >= 11 is 0. The highest BCUT2D eigenvalue weighted by atomic mass is 16.5. The lowest BCUT2D eigenvalue weighted by molar-refractivity contribution is -0.143. The molecule has 2 aromatic carbocycles. The minimum absolute atomic E-state index is 0.157. The monoisotopic (exact) mass is 238 g/mol. The number of esters is 1. The van der Waals surface area contributed by atoms with Gasteiger partial charge in [-0.25, -0.2) is 0 Å². The number of fused-ring (bicyclic) bond motifs is 3. The van der Waals surface area contributed by atoms with Crippen molar-refractivity contribution in [3.63, 3.8) is 0 Å². The lowest BCUT2D eigenvalue weighted by atomic mass is 9.97. The maximum Gasteiger partial charge on any atom is 0.317 e. The number of carbonyl (C=O) groups excluding carboxylic acids is 1. The van der Waals surface area contributed by atoms with Gasteiger partial charge in [0.05, 0.1) is 6.61 Å². The van der Waals surface area contributed by atoms with Crippen LogP contribution in [0, 0.1) is 0 Å². The van der Waals surface area contributed by atoms with E-state index in [0.717, 1.165) is 22.3 Å². The van der Waals surface area contributed by atoms with Gasteiger partial charge < -0.3 is 4.74 Å². The van der Waals surface area contributed by atoms with Crippen LogP contribution >= 0.6 is 0 Å². The quantitative estimate of drug-likeness (QED) is 0.750. The van der Waals surface area contributed by atoms with Crippen LogP contribution in [0.3, 0.4) is 0 Å². The van der Waals surface area contributed by atoms with Gasteiger partial charge in [-0.05, 0) is 29.2 Å². The molecule has 90 valence electrons. The van der Waals surface area contributed by atoms with Gasteiger partial charge in [-0.1, -0.05) is 48.5 Å². The van der Waals surface area contributed by atoms with Crippen molar-refractivity contribution in [3.8, 4) is 11.1 Å². The summed E-state index contributed by atoms with van der Waals surface area (Å²) in [5.74, 6) is -0.424. The second kappa shape index (κ2) is 4.30. The lowest BCUT2D eigenvalue weighted by Crippen LogP contribution is -2.14. The Morgan fingerprint density at radius 3 is 2.00 bits per heavy atom. The Bertz CT molecular complexity index is 556. The lowest BCUT2D eigenvalue weighted by Gasteiger charge is -2.11. The molecule has 0 N–H and O–H groups in total. The molecule has 0 saturated heterocycles. The van der Waals surface area contributed by atoms with Crippen molar-refractivity contribution in [2.75, 3.05) is 6.61 Å². The molecule has 0 amide bonds. The normalized spacial score (nSPS) is 12.9. The van der Waals surface area contributed by atoms with E-state index in [2.05, 4.69) is 12.1 Å². The van der Waals surface area contributed by atoms with Gasteiger partial charge in [-0.3, -0.25) is 4.79 Å². The summed E-state index contributed by atoms with van der Waals surface area (Å²) in [5.41, 5.74) is 4.40. The standard InChI is InChI=1S/C16H14O2/c1-2-18-16(17)15-13-9-5-3-7-11(13)12-8-4-6-10-14(12)15/h3-10,15H,2H2,1H3. The first-order chi connectivity index (χ1) is 8.83. The van der Waals surface area contributed by atoms with Crippen molar-refractivity contribution in [2.45, 2.75) is 12.8 Å². The molecule has 3 rings (SSSR count). The van der Waals surface area contributed by atoms with Gasteiger partial charge in [0, 0.05) is 0 Å². The van der Waals surface area contributed by atoms with Crippen LogP contribution in [0.15, 0.2) is 48.5 Å². The molecule has 0 aromatic heterocycles. The summed E-state index contributed by atoms with van der Waals surface area (Å²) in [7, 11) is 0. The van der Waals surface area contributed by atoms with E-state index in [1.54, 1.807) is 0 Å². The molecule has 2 heteroatoms. The highest BCUT2D eigenvalue weighted by Crippen LogP contribution is 2.44. The molecule has 2 aromatic rings. The Hall–Kier alpha value is -2.09. The predicted molar refractivity (Wildman–Crippen MR) is 70.4 cm³/mol. The molecular formula is C16H14O2. The van der Waals surface area contributed by atoms with Gasteiger partial charge in [0.15, 0.2) is 0 Å². The fraction of sp³-hybridized carbons (Fsp3) is 0.188. The van der Waals surface area contributed by atoms with Crippen LogP contribution in [0.1, 0.15) is 24.0 Å². The molecule has 0 bridgehead atoms. The second-order valence-corrected chi connectivity index (χ2v) is 4.36. The zero-order valence-corrected chi connectivity index (χ0v) is 10.2. The van der Waals surface area contributed by atoms with Crippen molar-refractivity contribution in [1.29, 1.82) is 0 Å². The van der Waals surface area contributed by atoms with Crippen molar-refractivity contribution >= 4 is 5.97 Å². The van der Waals surface area contributed by atoms with Crippen LogP contribution in [0.5, 0.6) is 0 Å². The van der Waals surface area contributed by atoms with Gasteiger partial charge in [-0.2, -0.15) is 0 Å². The number of ether oxygens (including phenoxy) is 1. The Kier molecular flexibility index (Phi) is 2.63. The van der Waals surface area contributed by atoms with E-state index in [-0.39, 0.29) is 11.9 Å². The number of benzene rings is 2. The van der Waals surface area contributed by atoms with Crippen LogP contribution in [0.2, 0.25) is 0 Å². The molecule has 0 spiro atoms. The SMILES string of the molecule is CCOC(=O)C1c2ccccc2-c2ccccc21. The molecule has 18 heavy (non-hydrogen) atoms. The van der Waals surface area contributed by atoms with Crippen molar-refractivity contribution in [3.05, 3.63) is 59.7 Å². The molecule has 0 radical (unpaired) electrons. The smallest absolute Gasteiger partial charge is 0.317 e. The van der Waals surface area contributed by atoms with E-state index in [1.165, 1.54) is 0 Å². The van der Waals surface area contributed by atoms with Crippen LogP contribution in [-0.4, -0.2) is 12.6 Å². The fourth-order valence-corrected chi connectivity index (χ4v) is 2.64. The molecule has 0 aliphatic heterocycles. The Balaban J connectivity index is 2.18. The Morgan fingerprint density at radius 1 is 1.00 bits per heavy atom. The minimum Gasteiger partial charge on any atom is -0.465 e. The maximum absolute atomic E-state index is 12.1. The fourth-order valence-electron chi connectivity index (χ4n) is 2.64. The summed E-state index contributed by atoms with van der Waals surface area (Å²) in [4.78, 5) is 12.1. The van der Waals surface area contributed by atoms with Crippen molar-refractivity contribution < 1.29 is 9.53 Å². The number of hydrogen-bond donors (Lipinski definition) is 0. The molecule has 0 heterocycles. The Labute approximate surface area is 106 Å². The van der Waals surface area contributed by atoms with Gasteiger partial charge in [0.2, 0.25) is 0 Å². The second-order valence-electron chi connectivity index (χ2n) is 4.36. The van der Waals surface area contributed by atoms with Crippen molar-refractivity contribution in [1.82, 2.24) is 0 Å². The van der Waals surface area contributed by atoms with Crippen molar-refractivity contribution in [2.24, 2.45) is 0 Å². The number of rotatable bonds is 2. The maximum atomic E-state index is 12.1. The third-order valence-electron chi connectivity index (χ3n) is 3.36. The number of carbonyl (C=O) groups is 1. The third kappa shape index (κ3) is 1.53. The van der Waals surface area contributed by atoms with E-state index in [4.69, 9.17) is 4.74 Å². The van der Waals surface area contributed by atoms with E-state index in [1.807, 2.05) is 43.3 Å². The molecular weight excluding hydrogens is 224 g/mol. The molecule has 1 aliphatic rings. The average Bonchev–Trinajstić information content (AvgIpc) is 2.73. The first-order valence-corrected chi connectivity index (χ1v) is 6.17. The molecule has 0 fully saturated rings. The number of hydrogen-bond acceptors (Lipinski definition) is 2. The largest absolute Gasteiger partial charge is 0.465 e. The van der Waals surface area contributed by atoms with Crippen LogP contribution in [0.25, 0.3) is 11.1 Å². The summed E-state index contributed by atoms with van der Waals surface area (Å²) in [5, 5.41) is 0. The topological polar surface area (TPSA) is 26.3 Å². The summed E-state index contributed by atoms with van der Waals surface area (Å²) in [6.45, 7) is 2.25. The van der Waals surface area contributed by atoms with E-state index in [9.17, 15) is 4.79 Å². The molecule has 0 saturated carbocycles. The van der Waals surface area contributed by atoms with Crippen LogP contribution < -0.4 is 0 Å². The average molecular weight is 238 g/mol. The Morgan fingerprint density at radius 2 is 1.50 bits per heavy atom. The molecule has 0 unspecified atom stereocenters. The zero-order valence-electron chi connectivity index (χ0n) is 10.2. The first-order valence-electron chi connectivity index (χ1n) is 6.17. The highest BCUT2D eigenvalue weighted by Gasteiger charge is 2.34. The van der Waals surface area contributed by atoms with Crippen LogP contribution in [-0.2, 0) is 9.53 Å².